The van der Waals surface area contributed by atoms with E-state index in [1.165, 1.54) is 4.31 Å². The highest BCUT2D eigenvalue weighted by Gasteiger charge is 2.20. The normalized spacial score (nSPS) is 11.7. The minimum atomic E-state index is -3.45. The fraction of sp³-hybridized carbons (Fsp3) is 0.154. The molecule has 0 aliphatic rings. The zero-order valence-corrected chi connectivity index (χ0v) is 13.3. The van der Waals surface area contributed by atoms with Gasteiger partial charge in [0.25, 0.3) is 0 Å². The van der Waals surface area contributed by atoms with Crippen LogP contribution in [0.3, 0.4) is 0 Å². The Bertz CT molecular complexity index is 642. The molecule has 0 spiro atoms. The van der Waals surface area contributed by atoms with Crippen molar-refractivity contribution in [3.8, 4) is 0 Å². The number of benzene rings is 1. The molecular weight excluding hydrogens is 375 g/mol. The summed E-state index contributed by atoms with van der Waals surface area (Å²) in [6.07, 6.45) is 3.33. The maximum atomic E-state index is 12.4. The first-order valence-electron chi connectivity index (χ1n) is 5.61. The number of nitrogens with zero attached hydrogens (tertiary/aromatic N) is 2. The molecule has 0 unspecified atom stereocenters. The maximum Gasteiger partial charge on any atom is 0.243 e. The summed E-state index contributed by atoms with van der Waals surface area (Å²) in [6.45, 7) is 0.308. The first-order valence-corrected chi connectivity index (χ1v) is 8.13. The molecule has 0 amide bonds. The molecule has 2 rings (SSSR count). The van der Waals surface area contributed by atoms with Crippen LogP contribution in [0.2, 0.25) is 0 Å². The summed E-state index contributed by atoms with van der Waals surface area (Å²) in [4.78, 5) is 4.29. The van der Waals surface area contributed by atoms with Gasteiger partial charge in [0.1, 0.15) is 0 Å². The first kappa shape index (κ1) is 14.4. The summed E-state index contributed by atoms with van der Waals surface area (Å²) >= 11 is 2.14. The molecular formula is C13H13IN2O2S. The van der Waals surface area contributed by atoms with Gasteiger partial charge >= 0.3 is 0 Å². The second kappa shape index (κ2) is 5.98. The van der Waals surface area contributed by atoms with Gasteiger partial charge < -0.3 is 0 Å². The average Bonchev–Trinajstić information content (AvgIpc) is 2.40. The first-order chi connectivity index (χ1) is 9.00. The smallest absolute Gasteiger partial charge is 0.243 e. The largest absolute Gasteiger partial charge is 0.264 e. The quantitative estimate of drug-likeness (QED) is 0.757. The maximum absolute atomic E-state index is 12.4. The van der Waals surface area contributed by atoms with Crippen molar-refractivity contribution in [1.82, 2.24) is 9.29 Å². The number of hydrogen-bond donors (Lipinski definition) is 0. The van der Waals surface area contributed by atoms with Gasteiger partial charge in [-0.05, 0) is 58.5 Å². The lowest BCUT2D eigenvalue weighted by Crippen LogP contribution is -2.26. The van der Waals surface area contributed by atoms with E-state index in [9.17, 15) is 8.42 Å². The van der Waals surface area contributed by atoms with Crippen molar-refractivity contribution in [3.05, 3.63) is 57.9 Å². The second-order valence-electron chi connectivity index (χ2n) is 4.08. The Labute approximate surface area is 126 Å². The van der Waals surface area contributed by atoms with Crippen LogP contribution >= 0.6 is 22.6 Å². The lowest BCUT2D eigenvalue weighted by Gasteiger charge is -2.17. The molecule has 0 fully saturated rings. The molecule has 1 heterocycles. The zero-order chi connectivity index (χ0) is 13.9. The minimum absolute atomic E-state index is 0.305. The Hall–Kier alpha value is -0.990. The highest BCUT2D eigenvalue weighted by molar-refractivity contribution is 14.1. The van der Waals surface area contributed by atoms with Gasteiger partial charge in [0.2, 0.25) is 10.0 Å². The van der Waals surface area contributed by atoms with Crippen LogP contribution in [-0.2, 0) is 16.6 Å². The zero-order valence-electron chi connectivity index (χ0n) is 10.3. The van der Waals surface area contributed by atoms with E-state index in [-0.39, 0.29) is 0 Å². The van der Waals surface area contributed by atoms with E-state index < -0.39 is 10.0 Å². The monoisotopic (exact) mass is 388 g/mol. The average molecular weight is 388 g/mol. The molecule has 2 aromatic rings. The summed E-state index contributed by atoms with van der Waals surface area (Å²) in [5.74, 6) is 0. The molecule has 0 bridgehead atoms. The molecule has 6 heteroatoms. The highest BCUT2D eigenvalue weighted by atomic mass is 127. The molecule has 1 aromatic carbocycles. The summed E-state index contributed by atoms with van der Waals surface area (Å²) in [6, 6.07) is 10.5. The molecule has 4 nitrogen and oxygen atoms in total. The van der Waals surface area contributed by atoms with Gasteiger partial charge in [-0.15, -0.1) is 0 Å². The number of halogens is 1. The Balaban J connectivity index is 2.22. The lowest BCUT2D eigenvalue weighted by molar-refractivity contribution is 0.466. The van der Waals surface area contributed by atoms with Crippen LogP contribution in [0.5, 0.6) is 0 Å². The van der Waals surface area contributed by atoms with Gasteiger partial charge in [0.15, 0.2) is 0 Å². The molecule has 0 radical (unpaired) electrons. The van der Waals surface area contributed by atoms with Crippen molar-refractivity contribution in [1.29, 1.82) is 0 Å². The lowest BCUT2D eigenvalue weighted by atomic mass is 10.3. The fourth-order valence-corrected chi connectivity index (χ4v) is 3.14. The number of sulfonamides is 1. The van der Waals surface area contributed by atoms with Crippen LogP contribution in [0.25, 0.3) is 0 Å². The van der Waals surface area contributed by atoms with E-state index in [1.54, 1.807) is 49.8 Å². The van der Waals surface area contributed by atoms with Crippen molar-refractivity contribution in [2.45, 2.75) is 11.4 Å². The molecule has 0 aliphatic heterocycles. The number of hydrogen-bond acceptors (Lipinski definition) is 3. The van der Waals surface area contributed by atoms with Gasteiger partial charge in [-0.3, -0.25) is 4.98 Å². The van der Waals surface area contributed by atoms with Crippen LogP contribution in [0.4, 0.5) is 0 Å². The molecule has 0 N–H and O–H groups in total. The van der Waals surface area contributed by atoms with Gasteiger partial charge in [-0.1, -0.05) is 6.07 Å². The van der Waals surface area contributed by atoms with Gasteiger partial charge in [0, 0.05) is 29.6 Å². The predicted molar refractivity (Wildman–Crippen MR) is 82.0 cm³/mol. The summed E-state index contributed by atoms with van der Waals surface area (Å²) in [7, 11) is -1.88. The highest BCUT2D eigenvalue weighted by Crippen LogP contribution is 2.17. The van der Waals surface area contributed by atoms with Crippen molar-refractivity contribution in [2.75, 3.05) is 7.05 Å². The van der Waals surface area contributed by atoms with E-state index in [0.717, 1.165) is 9.13 Å². The van der Waals surface area contributed by atoms with Crippen LogP contribution in [-0.4, -0.2) is 24.8 Å². The van der Waals surface area contributed by atoms with Crippen molar-refractivity contribution in [2.24, 2.45) is 0 Å². The molecule has 1 aromatic heterocycles. The Kier molecular flexibility index (Phi) is 4.54. The molecule has 19 heavy (non-hydrogen) atoms. The minimum Gasteiger partial charge on any atom is -0.264 e. The van der Waals surface area contributed by atoms with Crippen LogP contribution in [0.1, 0.15) is 5.56 Å². The Morgan fingerprint density at radius 1 is 1.21 bits per heavy atom. The molecule has 0 aliphatic carbocycles. The van der Waals surface area contributed by atoms with Crippen LogP contribution in [0, 0.1) is 3.57 Å². The van der Waals surface area contributed by atoms with Gasteiger partial charge in [0.05, 0.1) is 4.90 Å². The molecule has 0 saturated heterocycles. The van der Waals surface area contributed by atoms with E-state index in [0.29, 0.717) is 11.4 Å². The third kappa shape index (κ3) is 3.52. The Morgan fingerprint density at radius 3 is 2.47 bits per heavy atom. The number of pyridine rings is 1. The van der Waals surface area contributed by atoms with Crippen molar-refractivity contribution in [3.63, 3.8) is 0 Å². The number of rotatable bonds is 4. The van der Waals surface area contributed by atoms with Gasteiger partial charge in [-0.25, -0.2) is 8.42 Å². The molecule has 100 valence electrons. The van der Waals surface area contributed by atoms with E-state index in [2.05, 4.69) is 27.6 Å². The van der Waals surface area contributed by atoms with Crippen molar-refractivity contribution < 1.29 is 8.42 Å². The predicted octanol–water partition coefficient (Wildman–Crippen LogP) is 2.51. The van der Waals surface area contributed by atoms with Crippen molar-refractivity contribution >= 4 is 32.6 Å². The van der Waals surface area contributed by atoms with E-state index >= 15 is 0 Å². The Morgan fingerprint density at radius 2 is 1.89 bits per heavy atom. The van der Waals surface area contributed by atoms with Crippen LogP contribution < -0.4 is 0 Å². The van der Waals surface area contributed by atoms with Crippen LogP contribution in [0.15, 0.2) is 53.7 Å². The van der Waals surface area contributed by atoms with E-state index in [1.807, 2.05) is 6.07 Å². The molecule has 0 saturated carbocycles. The summed E-state index contributed by atoms with van der Waals surface area (Å²) in [5, 5.41) is 0. The third-order valence-electron chi connectivity index (χ3n) is 2.65. The SMILES string of the molecule is CN(Cc1cccnc1)S(=O)(=O)c1ccc(I)cc1. The topological polar surface area (TPSA) is 50.3 Å². The fourth-order valence-electron chi connectivity index (χ4n) is 1.62. The molecule has 0 atom stereocenters. The third-order valence-corrected chi connectivity index (χ3v) is 5.19. The summed E-state index contributed by atoms with van der Waals surface area (Å²) < 4.78 is 27.0. The van der Waals surface area contributed by atoms with Gasteiger partial charge in [-0.2, -0.15) is 4.31 Å². The number of aromatic nitrogens is 1. The van der Waals surface area contributed by atoms with E-state index in [4.69, 9.17) is 0 Å². The second-order valence-corrected chi connectivity index (χ2v) is 7.37. The summed E-state index contributed by atoms with van der Waals surface area (Å²) in [5.41, 5.74) is 0.860. The standard InChI is InChI=1S/C13H13IN2O2S/c1-16(10-11-3-2-8-15-9-11)19(17,18)13-6-4-12(14)5-7-13/h2-9H,10H2,1H3.